The van der Waals surface area contributed by atoms with Crippen LogP contribution in [0, 0.1) is 5.92 Å². The summed E-state index contributed by atoms with van der Waals surface area (Å²) in [7, 11) is 1.61. The zero-order valence-electron chi connectivity index (χ0n) is 12.4. The third-order valence-corrected chi connectivity index (χ3v) is 3.78. The second kappa shape index (κ2) is 7.78. The van der Waals surface area contributed by atoms with E-state index in [9.17, 15) is 9.59 Å². The van der Waals surface area contributed by atoms with Gasteiger partial charge in [0.15, 0.2) is 0 Å². The van der Waals surface area contributed by atoms with Crippen LogP contribution in [0.15, 0.2) is 24.3 Å². The van der Waals surface area contributed by atoms with Gasteiger partial charge < -0.3 is 4.74 Å². The van der Waals surface area contributed by atoms with Gasteiger partial charge in [0, 0.05) is 18.6 Å². The fraction of sp³-hybridized carbons (Fsp3) is 0.500. The van der Waals surface area contributed by atoms with Crippen molar-refractivity contribution in [1.82, 2.24) is 10.9 Å². The zero-order valence-corrected chi connectivity index (χ0v) is 12.4. The maximum Gasteiger partial charge on any atom is 0.269 e. The molecule has 2 rings (SSSR count). The molecule has 0 saturated heterocycles. The number of hydrogen-bond acceptors (Lipinski definition) is 3. The van der Waals surface area contributed by atoms with Crippen LogP contribution in [0.25, 0.3) is 0 Å². The Labute approximate surface area is 125 Å². The molecule has 0 bridgehead atoms. The van der Waals surface area contributed by atoms with Gasteiger partial charge in [-0.3, -0.25) is 20.4 Å². The summed E-state index contributed by atoms with van der Waals surface area (Å²) in [5.74, 6) is -0.368. The molecule has 0 aliphatic heterocycles. The largest absolute Gasteiger partial charge is 0.380 e. The van der Waals surface area contributed by atoms with Crippen LogP contribution >= 0.6 is 0 Å². The van der Waals surface area contributed by atoms with E-state index in [1.54, 1.807) is 25.3 Å². The first-order valence-corrected chi connectivity index (χ1v) is 7.39. The van der Waals surface area contributed by atoms with E-state index in [1.807, 2.05) is 6.07 Å². The second-order valence-electron chi connectivity index (χ2n) is 5.41. The molecule has 0 atom stereocenters. The molecule has 0 spiro atoms. The van der Waals surface area contributed by atoms with Crippen LogP contribution < -0.4 is 10.9 Å². The molecule has 0 aromatic heterocycles. The number of benzene rings is 1. The van der Waals surface area contributed by atoms with E-state index in [-0.39, 0.29) is 17.7 Å². The fourth-order valence-electron chi connectivity index (χ4n) is 2.63. The Morgan fingerprint density at radius 2 is 1.95 bits per heavy atom. The van der Waals surface area contributed by atoms with Crippen molar-refractivity contribution >= 4 is 11.8 Å². The molecule has 0 radical (unpaired) electrons. The lowest BCUT2D eigenvalue weighted by Gasteiger charge is -2.20. The van der Waals surface area contributed by atoms with Crippen LogP contribution in [0.5, 0.6) is 0 Å². The number of hydrogen-bond donors (Lipinski definition) is 2. The molecule has 5 heteroatoms. The number of hydrazine groups is 1. The van der Waals surface area contributed by atoms with Gasteiger partial charge in [-0.05, 0) is 30.5 Å². The van der Waals surface area contributed by atoms with Crippen molar-refractivity contribution < 1.29 is 14.3 Å². The molecule has 1 fully saturated rings. The van der Waals surface area contributed by atoms with Crippen molar-refractivity contribution in [2.75, 3.05) is 7.11 Å². The SMILES string of the molecule is COCc1cccc(C(=O)NNC(=O)C2CCCCC2)c1. The Hall–Kier alpha value is -1.88. The molecule has 1 aliphatic carbocycles. The summed E-state index contributed by atoms with van der Waals surface area (Å²) in [6.07, 6.45) is 5.19. The monoisotopic (exact) mass is 290 g/mol. The topological polar surface area (TPSA) is 67.4 Å². The summed E-state index contributed by atoms with van der Waals surface area (Å²) < 4.78 is 5.04. The number of rotatable bonds is 4. The highest BCUT2D eigenvalue weighted by Gasteiger charge is 2.21. The maximum absolute atomic E-state index is 12.0. The highest BCUT2D eigenvalue weighted by molar-refractivity contribution is 5.95. The summed E-state index contributed by atoms with van der Waals surface area (Å²) in [5, 5.41) is 0. The van der Waals surface area contributed by atoms with Gasteiger partial charge in [0.1, 0.15) is 0 Å². The predicted octanol–water partition coefficient (Wildman–Crippen LogP) is 2.17. The van der Waals surface area contributed by atoms with Crippen molar-refractivity contribution in [3.8, 4) is 0 Å². The van der Waals surface area contributed by atoms with Crippen molar-refractivity contribution in [2.45, 2.75) is 38.7 Å². The van der Waals surface area contributed by atoms with E-state index in [0.29, 0.717) is 12.2 Å². The Bertz CT molecular complexity index is 496. The molecule has 2 amide bonds. The van der Waals surface area contributed by atoms with Crippen LogP contribution in [-0.2, 0) is 16.1 Å². The Morgan fingerprint density at radius 3 is 2.67 bits per heavy atom. The normalized spacial score (nSPS) is 15.5. The lowest BCUT2D eigenvalue weighted by atomic mass is 9.89. The quantitative estimate of drug-likeness (QED) is 0.835. The van der Waals surface area contributed by atoms with E-state index in [0.717, 1.165) is 31.2 Å². The fourth-order valence-corrected chi connectivity index (χ4v) is 2.63. The average molecular weight is 290 g/mol. The zero-order chi connectivity index (χ0) is 15.1. The molecule has 2 N–H and O–H groups in total. The van der Waals surface area contributed by atoms with Crippen LogP contribution in [0.4, 0.5) is 0 Å². The van der Waals surface area contributed by atoms with Crippen LogP contribution in [0.2, 0.25) is 0 Å². The van der Waals surface area contributed by atoms with Gasteiger partial charge in [0.05, 0.1) is 6.61 Å². The first-order chi connectivity index (χ1) is 10.2. The highest BCUT2D eigenvalue weighted by Crippen LogP contribution is 2.23. The maximum atomic E-state index is 12.0. The molecule has 1 aliphatic rings. The van der Waals surface area contributed by atoms with Crippen molar-refractivity contribution in [3.05, 3.63) is 35.4 Å². The Kier molecular flexibility index (Phi) is 5.75. The third-order valence-electron chi connectivity index (χ3n) is 3.78. The second-order valence-corrected chi connectivity index (χ2v) is 5.41. The van der Waals surface area contributed by atoms with Gasteiger partial charge in [-0.25, -0.2) is 0 Å². The number of methoxy groups -OCH3 is 1. The van der Waals surface area contributed by atoms with Crippen LogP contribution in [-0.4, -0.2) is 18.9 Å². The molecular formula is C16H22N2O3. The summed E-state index contributed by atoms with van der Waals surface area (Å²) in [5.41, 5.74) is 6.45. The molecule has 21 heavy (non-hydrogen) atoms. The number of ether oxygens (including phenoxy) is 1. The molecule has 0 heterocycles. The van der Waals surface area contributed by atoms with E-state index in [2.05, 4.69) is 10.9 Å². The van der Waals surface area contributed by atoms with Crippen molar-refractivity contribution in [3.63, 3.8) is 0 Å². The molecular weight excluding hydrogens is 268 g/mol. The number of nitrogens with one attached hydrogen (secondary N) is 2. The summed E-state index contributed by atoms with van der Waals surface area (Å²) in [4.78, 5) is 24.0. The Morgan fingerprint density at radius 1 is 1.19 bits per heavy atom. The number of carbonyl (C=O) groups excluding carboxylic acids is 2. The minimum atomic E-state index is -0.308. The van der Waals surface area contributed by atoms with E-state index in [1.165, 1.54) is 6.42 Å². The van der Waals surface area contributed by atoms with Crippen molar-refractivity contribution in [2.24, 2.45) is 5.92 Å². The van der Waals surface area contributed by atoms with E-state index >= 15 is 0 Å². The van der Waals surface area contributed by atoms with Crippen LogP contribution in [0.1, 0.15) is 48.0 Å². The minimum absolute atomic E-state index is 0.0267. The molecule has 114 valence electrons. The van der Waals surface area contributed by atoms with Gasteiger partial charge >= 0.3 is 0 Å². The smallest absolute Gasteiger partial charge is 0.269 e. The summed E-state index contributed by atoms with van der Waals surface area (Å²) >= 11 is 0. The third kappa shape index (κ3) is 4.56. The van der Waals surface area contributed by atoms with Gasteiger partial charge in [-0.2, -0.15) is 0 Å². The number of amides is 2. The first kappa shape index (κ1) is 15.5. The highest BCUT2D eigenvalue weighted by atomic mass is 16.5. The lowest BCUT2D eigenvalue weighted by Crippen LogP contribution is -2.44. The number of carbonyl (C=O) groups is 2. The molecule has 1 saturated carbocycles. The Balaban J connectivity index is 1.86. The van der Waals surface area contributed by atoms with Crippen LogP contribution in [0.3, 0.4) is 0 Å². The van der Waals surface area contributed by atoms with Gasteiger partial charge in [-0.1, -0.05) is 31.4 Å². The summed E-state index contributed by atoms with van der Waals surface area (Å²) in [6, 6.07) is 7.15. The van der Waals surface area contributed by atoms with Gasteiger partial charge in [-0.15, -0.1) is 0 Å². The van der Waals surface area contributed by atoms with Gasteiger partial charge in [0.25, 0.3) is 5.91 Å². The van der Waals surface area contributed by atoms with E-state index < -0.39 is 0 Å². The molecule has 0 unspecified atom stereocenters. The van der Waals surface area contributed by atoms with Gasteiger partial charge in [0.2, 0.25) is 5.91 Å². The molecule has 1 aromatic rings. The lowest BCUT2D eigenvalue weighted by molar-refractivity contribution is -0.126. The minimum Gasteiger partial charge on any atom is -0.380 e. The molecule has 5 nitrogen and oxygen atoms in total. The van der Waals surface area contributed by atoms with E-state index in [4.69, 9.17) is 4.74 Å². The molecule has 1 aromatic carbocycles. The standard InChI is InChI=1S/C16H22N2O3/c1-21-11-12-6-5-9-14(10-12)16(20)18-17-15(19)13-7-3-2-4-8-13/h5-6,9-10,13H,2-4,7-8,11H2,1H3,(H,17,19)(H,18,20). The average Bonchev–Trinajstić information content (AvgIpc) is 2.53. The predicted molar refractivity (Wildman–Crippen MR) is 79.3 cm³/mol. The first-order valence-electron chi connectivity index (χ1n) is 7.39. The van der Waals surface area contributed by atoms with Crippen molar-refractivity contribution in [1.29, 1.82) is 0 Å². The summed E-state index contributed by atoms with van der Waals surface area (Å²) in [6.45, 7) is 0.454.